The van der Waals surface area contributed by atoms with Crippen LogP contribution in [0.25, 0.3) is 0 Å². The van der Waals surface area contributed by atoms with Crippen molar-refractivity contribution in [3.05, 3.63) is 29.8 Å². The van der Waals surface area contributed by atoms with Crippen LogP contribution in [-0.2, 0) is 9.53 Å². The molecule has 5 heteroatoms. The molecule has 4 nitrogen and oxygen atoms in total. The number of amides is 1. The SMILES string of the molecule is CC(Cl)C(=O)c1ccc(NC(=O)C2CCCO2)cc1. The highest BCUT2D eigenvalue weighted by Gasteiger charge is 2.23. The molecule has 1 aromatic carbocycles. The van der Waals surface area contributed by atoms with Gasteiger partial charge in [-0.1, -0.05) is 0 Å². The Hall–Kier alpha value is -1.39. The first-order valence-electron chi connectivity index (χ1n) is 6.29. The molecule has 1 aromatic rings. The lowest BCUT2D eigenvalue weighted by molar-refractivity contribution is -0.124. The first-order chi connectivity index (χ1) is 9.08. The van der Waals surface area contributed by atoms with Crippen molar-refractivity contribution in [3.8, 4) is 0 Å². The van der Waals surface area contributed by atoms with Gasteiger partial charge in [0, 0.05) is 17.9 Å². The Morgan fingerprint density at radius 3 is 2.58 bits per heavy atom. The molecule has 1 N–H and O–H groups in total. The summed E-state index contributed by atoms with van der Waals surface area (Å²) in [6.45, 7) is 2.27. The third kappa shape index (κ3) is 3.55. The number of hydrogen-bond acceptors (Lipinski definition) is 3. The molecule has 0 spiro atoms. The molecule has 1 amide bonds. The summed E-state index contributed by atoms with van der Waals surface area (Å²) in [5, 5.41) is 2.22. The quantitative estimate of drug-likeness (QED) is 0.682. The third-order valence-corrected chi connectivity index (χ3v) is 3.22. The average Bonchev–Trinajstić information content (AvgIpc) is 2.92. The van der Waals surface area contributed by atoms with Gasteiger partial charge in [-0.3, -0.25) is 9.59 Å². The Morgan fingerprint density at radius 1 is 1.37 bits per heavy atom. The minimum absolute atomic E-state index is 0.126. The van der Waals surface area contributed by atoms with Crippen LogP contribution in [0, 0.1) is 0 Å². The molecule has 102 valence electrons. The highest BCUT2D eigenvalue weighted by Crippen LogP contribution is 2.16. The Labute approximate surface area is 117 Å². The molecule has 2 atom stereocenters. The molecule has 19 heavy (non-hydrogen) atoms. The summed E-state index contributed by atoms with van der Waals surface area (Å²) < 4.78 is 5.30. The van der Waals surface area contributed by atoms with Crippen molar-refractivity contribution >= 4 is 29.0 Å². The van der Waals surface area contributed by atoms with Gasteiger partial charge in [-0.15, -0.1) is 11.6 Å². The maximum atomic E-state index is 11.8. The number of alkyl halides is 1. The second kappa shape index (κ2) is 6.17. The zero-order chi connectivity index (χ0) is 13.8. The largest absolute Gasteiger partial charge is 0.368 e. The van der Waals surface area contributed by atoms with E-state index in [0.29, 0.717) is 17.9 Å². The lowest BCUT2D eigenvalue weighted by Gasteiger charge is -2.10. The Bertz CT molecular complexity index is 464. The average molecular weight is 282 g/mol. The number of carbonyl (C=O) groups excluding carboxylic acids is 2. The van der Waals surface area contributed by atoms with Crippen molar-refractivity contribution < 1.29 is 14.3 Å². The van der Waals surface area contributed by atoms with Crippen LogP contribution in [0.4, 0.5) is 5.69 Å². The number of ketones is 1. The molecule has 0 saturated carbocycles. The van der Waals surface area contributed by atoms with Crippen LogP contribution in [0.1, 0.15) is 30.1 Å². The van der Waals surface area contributed by atoms with Gasteiger partial charge in [0.05, 0.1) is 5.38 Å². The lowest BCUT2D eigenvalue weighted by Crippen LogP contribution is -2.26. The van der Waals surface area contributed by atoms with Crippen LogP contribution in [0.5, 0.6) is 0 Å². The summed E-state index contributed by atoms with van der Waals surface area (Å²) in [7, 11) is 0. The van der Waals surface area contributed by atoms with E-state index in [-0.39, 0.29) is 17.8 Å². The number of Topliss-reactive ketones (excluding diaryl/α,β-unsaturated/α-hetero) is 1. The maximum Gasteiger partial charge on any atom is 0.253 e. The molecule has 0 aromatic heterocycles. The third-order valence-electron chi connectivity index (χ3n) is 3.02. The molecular weight excluding hydrogens is 266 g/mol. The van der Waals surface area contributed by atoms with E-state index in [1.54, 1.807) is 31.2 Å². The van der Waals surface area contributed by atoms with Gasteiger partial charge in [0.2, 0.25) is 0 Å². The van der Waals surface area contributed by atoms with Gasteiger partial charge in [0.15, 0.2) is 5.78 Å². The van der Waals surface area contributed by atoms with Crippen molar-refractivity contribution in [2.24, 2.45) is 0 Å². The van der Waals surface area contributed by atoms with Gasteiger partial charge < -0.3 is 10.1 Å². The van der Waals surface area contributed by atoms with Crippen LogP contribution < -0.4 is 5.32 Å². The van der Waals surface area contributed by atoms with E-state index >= 15 is 0 Å². The van der Waals surface area contributed by atoms with Crippen LogP contribution in [-0.4, -0.2) is 29.8 Å². The van der Waals surface area contributed by atoms with E-state index in [1.807, 2.05) is 0 Å². The van der Waals surface area contributed by atoms with E-state index < -0.39 is 5.38 Å². The second-order valence-electron chi connectivity index (χ2n) is 4.55. The van der Waals surface area contributed by atoms with Gasteiger partial charge >= 0.3 is 0 Å². The molecule has 2 unspecified atom stereocenters. The first kappa shape index (κ1) is 14.0. The van der Waals surface area contributed by atoms with Crippen molar-refractivity contribution in [3.63, 3.8) is 0 Å². The van der Waals surface area contributed by atoms with Crippen LogP contribution in [0.3, 0.4) is 0 Å². The fraction of sp³-hybridized carbons (Fsp3) is 0.429. The molecule has 0 radical (unpaired) electrons. The number of halogens is 1. The topological polar surface area (TPSA) is 55.4 Å². The monoisotopic (exact) mass is 281 g/mol. The zero-order valence-corrected chi connectivity index (χ0v) is 11.4. The van der Waals surface area contributed by atoms with Crippen molar-refractivity contribution in [1.82, 2.24) is 0 Å². The number of anilines is 1. The fourth-order valence-corrected chi connectivity index (χ4v) is 2.08. The lowest BCUT2D eigenvalue weighted by atomic mass is 10.1. The Balaban J connectivity index is 1.98. The molecule has 2 rings (SSSR count). The zero-order valence-electron chi connectivity index (χ0n) is 10.7. The second-order valence-corrected chi connectivity index (χ2v) is 5.20. The van der Waals surface area contributed by atoms with Crippen molar-refractivity contribution in [2.75, 3.05) is 11.9 Å². The van der Waals surface area contributed by atoms with Gasteiger partial charge in [0.1, 0.15) is 6.10 Å². The smallest absolute Gasteiger partial charge is 0.253 e. The minimum atomic E-state index is -0.549. The van der Waals surface area contributed by atoms with Crippen LogP contribution >= 0.6 is 11.6 Å². The van der Waals surface area contributed by atoms with E-state index in [0.717, 1.165) is 12.8 Å². The van der Waals surface area contributed by atoms with Crippen LogP contribution in [0.2, 0.25) is 0 Å². The number of benzene rings is 1. The number of rotatable bonds is 4. The molecule has 0 aliphatic carbocycles. The molecular formula is C14H16ClNO3. The number of carbonyl (C=O) groups is 2. The summed E-state index contributed by atoms with van der Waals surface area (Å²) in [6, 6.07) is 6.71. The standard InChI is InChI=1S/C14H16ClNO3/c1-9(15)13(17)10-4-6-11(7-5-10)16-14(18)12-3-2-8-19-12/h4-7,9,12H,2-3,8H2,1H3,(H,16,18). The highest BCUT2D eigenvalue weighted by atomic mass is 35.5. The minimum Gasteiger partial charge on any atom is -0.368 e. The summed E-state index contributed by atoms with van der Waals surface area (Å²) in [4.78, 5) is 23.5. The number of nitrogens with one attached hydrogen (secondary N) is 1. The molecule has 1 heterocycles. The fourth-order valence-electron chi connectivity index (χ4n) is 1.95. The van der Waals surface area contributed by atoms with Crippen molar-refractivity contribution in [1.29, 1.82) is 0 Å². The van der Waals surface area contributed by atoms with E-state index in [2.05, 4.69) is 5.32 Å². The summed E-state index contributed by atoms with van der Waals surface area (Å²) in [5.41, 5.74) is 1.19. The molecule has 1 saturated heterocycles. The number of hydrogen-bond donors (Lipinski definition) is 1. The predicted molar refractivity (Wildman–Crippen MR) is 73.7 cm³/mol. The van der Waals surface area contributed by atoms with Crippen molar-refractivity contribution in [2.45, 2.75) is 31.2 Å². The summed E-state index contributed by atoms with van der Waals surface area (Å²) in [5.74, 6) is -0.263. The number of ether oxygens (including phenoxy) is 1. The molecule has 0 bridgehead atoms. The van der Waals surface area contributed by atoms with E-state index in [4.69, 9.17) is 16.3 Å². The normalized spacial score (nSPS) is 20.0. The van der Waals surface area contributed by atoms with E-state index in [9.17, 15) is 9.59 Å². The first-order valence-corrected chi connectivity index (χ1v) is 6.72. The Kier molecular flexibility index (Phi) is 4.56. The molecule has 1 fully saturated rings. The summed E-state index contributed by atoms with van der Waals surface area (Å²) >= 11 is 5.74. The predicted octanol–water partition coefficient (Wildman–Crippen LogP) is 2.61. The van der Waals surface area contributed by atoms with Crippen LogP contribution in [0.15, 0.2) is 24.3 Å². The van der Waals surface area contributed by atoms with E-state index in [1.165, 1.54) is 0 Å². The highest BCUT2D eigenvalue weighted by molar-refractivity contribution is 6.33. The van der Waals surface area contributed by atoms with Gasteiger partial charge in [0.25, 0.3) is 5.91 Å². The maximum absolute atomic E-state index is 11.8. The Morgan fingerprint density at radius 2 is 2.05 bits per heavy atom. The molecule has 1 aliphatic rings. The van der Waals surface area contributed by atoms with Gasteiger partial charge in [-0.25, -0.2) is 0 Å². The van der Waals surface area contributed by atoms with Gasteiger partial charge in [-0.2, -0.15) is 0 Å². The molecule has 1 aliphatic heterocycles. The van der Waals surface area contributed by atoms with Gasteiger partial charge in [-0.05, 0) is 44.0 Å². The summed E-state index contributed by atoms with van der Waals surface area (Å²) in [6.07, 6.45) is 1.31.